The molecule has 1 saturated carbocycles. The Bertz CT molecular complexity index is 499. The molecule has 2 heterocycles. The second-order valence-electron chi connectivity index (χ2n) is 7.12. The Kier molecular flexibility index (Phi) is 4.63. The molecule has 0 aromatic heterocycles. The normalized spacial score (nSPS) is 51.5. The minimum Gasteiger partial charge on any atom is -0.481 e. The number of aliphatic hydroxyl groups is 5. The summed E-state index contributed by atoms with van der Waals surface area (Å²) in [5.41, 5.74) is -1.97. The SMILES string of the molecule is O=C(O)C1CC(O)C2C(C1)OC1(CC(O)C(CO)CO1)C2(O)CO. The molecule has 138 valence electrons. The third kappa shape index (κ3) is 2.47. The fourth-order valence-electron chi connectivity index (χ4n) is 4.40. The fraction of sp³-hybridized carbons (Fsp3) is 0.933. The Labute approximate surface area is 138 Å². The highest BCUT2D eigenvalue weighted by Gasteiger charge is 2.70. The minimum atomic E-state index is -1.97. The van der Waals surface area contributed by atoms with Crippen LogP contribution in [0.25, 0.3) is 0 Å². The maximum atomic E-state index is 11.2. The lowest BCUT2D eigenvalue weighted by Gasteiger charge is -2.47. The van der Waals surface area contributed by atoms with Crippen molar-refractivity contribution in [2.24, 2.45) is 17.8 Å². The van der Waals surface area contributed by atoms with Crippen molar-refractivity contribution in [2.45, 2.75) is 49.0 Å². The van der Waals surface area contributed by atoms with E-state index in [0.717, 1.165) is 0 Å². The van der Waals surface area contributed by atoms with Gasteiger partial charge in [-0.05, 0) is 12.8 Å². The smallest absolute Gasteiger partial charge is 0.306 e. The molecule has 8 unspecified atom stereocenters. The minimum absolute atomic E-state index is 0.0555. The summed E-state index contributed by atoms with van der Waals surface area (Å²) >= 11 is 0. The zero-order chi connectivity index (χ0) is 17.7. The number of carboxylic acid groups (broad SMARTS) is 1. The lowest BCUT2D eigenvalue weighted by atomic mass is 9.68. The van der Waals surface area contributed by atoms with Crippen LogP contribution in [0.3, 0.4) is 0 Å². The van der Waals surface area contributed by atoms with E-state index >= 15 is 0 Å². The van der Waals surface area contributed by atoms with E-state index in [-0.39, 0.29) is 32.5 Å². The first-order chi connectivity index (χ1) is 11.3. The lowest BCUT2D eigenvalue weighted by molar-refractivity contribution is -0.335. The van der Waals surface area contributed by atoms with Crippen LogP contribution in [0.4, 0.5) is 0 Å². The monoisotopic (exact) mass is 348 g/mol. The van der Waals surface area contributed by atoms with Crippen molar-refractivity contribution >= 4 is 5.97 Å². The van der Waals surface area contributed by atoms with Crippen LogP contribution in [0, 0.1) is 17.8 Å². The number of hydrogen-bond acceptors (Lipinski definition) is 8. The van der Waals surface area contributed by atoms with Gasteiger partial charge >= 0.3 is 5.97 Å². The zero-order valence-corrected chi connectivity index (χ0v) is 13.1. The van der Waals surface area contributed by atoms with Gasteiger partial charge < -0.3 is 40.1 Å². The van der Waals surface area contributed by atoms with E-state index in [4.69, 9.17) is 9.47 Å². The molecule has 24 heavy (non-hydrogen) atoms. The number of aliphatic carboxylic acids is 1. The van der Waals surface area contributed by atoms with Crippen molar-refractivity contribution in [3.63, 3.8) is 0 Å². The standard InChI is InChI=1S/C15H24O9/c16-4-8-5-23-15(3-10(8)19)14(22,6-17)12-9(18)1-7(13(20)21)2-11(12)24-15/h7-12,16-19,22H,1-6H2,(H,20,21). The van der Waals surface area contributed by atoms with E-state index in [9.17, 15) is 35.4 Å². The molecular weight excluding hydrogens is 324 g/mol. The number of aliphatic hydroxyl groups excluding tert-OH is 4. The molecule has 0 radical (unpaired) electrons. The molecule has 0 amide bonds. The first-order valence-electron chi connectivity index (χ1n) is 8.13. The number of ether oxygens (including phenoxy) is 2. The number of carboxylic acids is 1. The maximum Gasteiger partial charge on any atom is 0.306 e. The highest BCUT2D eigenvalue weighted by molar-refractivity contribution is 5.70. The Morgan fingerprint density at radius 1 is 1.17 bits per heavy atom. The Balaban J connectivity index is 1.91. The van der Waals surface area contributed by atoms with Gasteiger partial charge in [0.25, 0.3) is 0 Å². The van der Waals surface area contributed by atoms with Gasteiger partial charge in [-0.15, -0.1) is 0 Å². The third-order valence-electron chi connectivity index (χ3n) is 5.79. The van der Waals surface area contributed by atoms with E-state index in [2.05, 4.69) is 0 Å². The number of carbonyl (C=O) groups is 1. The van der Waals surface area contributed by atoms with Crippen LogP contribution < -0.4 is 0 Å². The van der Waals surface area contributed by atoms with Crippen molar-refractivity contribution in [1.29, 1.82) is 0 Å². The van der Waals surface area contributed by atoms with Gasteiger partial charge in [-0.2, -0.15) is 0 Å². The van der Waals surface area contributed by atoms with Crippen molar-refractivity contribution in [1.82, 2.24) is 0 Å². The highest BCUT2D eigenvalue weighted by Crippen LogP contribution is 2.54. The van der Waals surface area contributed by atoms with Crippen molar-refractivity contribution in [2.75, 3.05) is 19.8 Å². The molecule has 1 spiro atoms. The third-order valence-corrected chi connectivity index (χ3v) is 5.79. The topological polar surface area (TPSA) is 157 Å². The summed E-state index contributed by atoms with van der Waals surface area (Å²) in [7, 11) is 0. The second-order valence-corrected chi connectivity index (χ2v) is 7.12. The van der Waals surface area contributed by atoms with Gasteiger partial charge in [0.05, 0.1) is 44.1 Å². The summed E-state index contributed by atoms with van der Waals surface area (Å²) in [6.45, 7) is -1.15. The van der Waals surface area contributed by atoms with Crippen LogP contribution in [0.2, 0.25) is 0 Å². The van der Waals surface area contributed by atoms with Gasteiger partial charge in [0.15, 0.2) is 0 Å². The summed E-state index contributed by atoms with van der Waals surface area (Å²) in [4.78, 5) is 11.2. The predicted molar refractivity (Wildman–Crippen MR) is 76.6 cm³/mol. The van der Waals surface area contributed by atoms with Gasteiger partial charge in [-0.3, -0.25) is 4.79 Å². The molecule has 3 fully saturated rings. The molecule has 3 rings (SSSR count). The average Bonchev–Trinajstić information content (AvgIpc) is 2.77. The van der Waals surface area contributed by atoms with Crippen LogP contribution in [0.15, 0.2) is 0 Å². The summed E-state index contributed by atoms with van der Waals surface area (Å²) in [6, 6.07) is 0. The van der Waals surface area contributed by atoms with Crippen LogP contribution in [0.5, 0.6) is 0 Å². The molecular formula is C15H24O9. The molecule has 2 aliphatic heterocycles. The highest BCUT2D eigenvalue weighted by atomic mass is 16.7. The summed E-state index contributed by atoms with van der Waals surface area (Å²) in [5.74, 6) is -5.08. The van der Waals surface area contributed by atoms with Crippen LogP contribution in [-0.4, -0.2) is 86.1 Å². The summed E-state index contributed by atoms with van der Waals surface area (Å²) in [6.07, 6.45) is -3.19. The Morgan fingerprint density at radius 3 is 2.42 bits per heavy atom. The van der Waals surface area contributed by atoms with E-state index < -0.39 is 60.0 Å². The van der Waals surface area contributed by atoms with Gasteiger partial charge in [0.2, 0.25) is 5.79 Å². The molecule has 1 aliphatic carbocycles. The maximum absolute atomic E-state index is 11.2. The molecule has 0 aromatic rings. The van der Waals surface area contributed by atoms with E-state index in [1.54, 1.807) is 0 Å². The van der Waals surface area contributed by atoms with Crippen LogP contribution in [0.1, 0.15) is 19.3 Å². The number of rotatable bonds is 3. The van der Waals surface area contributed by atoms with E-state index in [1.807, 2.05) is 0 Å². The number of hydrogen-bond donors (Lipinski definition) is 6. The van der Waals surface area contributed by atoms with Gasteiger partial charge in [-0.1, -0.05) is 0 Å². The first kappa shape index (κ1) is 18.0. The van der Waals surface area contributed by atoms with Crippen molar-refractivity contribution in [3.05, 3.63) is 0 Å². The molecule has 9 heteroatoms. The van der Waals surface area contributed by atoms with Crippen molar-refractivity contribution in [3.8, 4) is 0 Å². The number of fused-ring (bicyclic) bond motifs is 1. The Hall–Kier alpha value is -0.810. The van der Waals surface area contributed by atoms with Crippen LogP contribution in [-0.2, 0) is 14.3 Å². The predicted octanol–water partition coefficient (Wildman–Crippen LogP) is -2.33. The molecule has 0 aromatic carbocycles. The largest absolute Gasteiger partial charge is 0.481 e. The van der Waals surface area contributed by atoms with E-state index in [1.165, 1.54) is 0 Å². The Morgan fingerprint density at radius 2 is 1.88 bits per heavy atom. The van der Waals surface area contributed by atoms with Crippen molar-refractivity contribution < 1.29 is 44.9 Å². The molecule has 2 saturated heterocycles. The molecule has 9 nitrogen and oxygen atoms in total. The quantitative estimate of drug-likeness (QED) is 0.329. The molecule has 6 N–H and O–H groups in total. The lowest BCUT2D eigenvalue weighted by Crippen LogP contribution is -2.64. The summed E-state index contributed by atoms with van der Waals surface area (Å²) < 4.78 is 11.4. The zero-order valence-electron chi connectivity index (χ0n) is 13.1. The van der Waals surface area contributed by atoms with Crippen LogP contribution >= 0.6 is 0 Å². The average molecular weight is 348 g/mol. The second kappa shape index (κ2) is 6.17. The summed E-state index contributed by atoms with van der Waals surface area (Å²) in [5, 5.41) is 59.9. The van der Waals surface area contributed by atoms with Gasteiger partial charge in [-0.25, -0.2) is 0 Å². The van der Waals surface area contributed by atoms with E-state index in [0.29, 0.717) is 0 Å². The van der Waals surface area contributed by atoms with Gasteiger partial charge in [0.1, 0.15) is 5.60 Å². The molecule has 0 bridgehead atoms. The fourth-order valence-corrected chi connectivity index (χ4v) is 4.40. The molecule has 3 aliphatic rings. The van der Waals surface area contributed by atoms with Gasteiger partial charge in [0, 0.05) is 18.3 Å². The first-order valence-corrected chi connectivity index (χ1v) is 8.13. The molecule has 8 atom stereocenters.